The maximum atomic E-state index is 9.09. The highest BCUT2D eigenvalue weighted by atomic mass is 32.2. The Labute approximate surface area is 89.8 Å². The Balaban J connectivity index is 2.57. The fourth-order valence-corrected chi connectivity index (χ4v) is 2.14. The summed E-state index contributed by atoms with van der Waals surface area (Å²) in [5, 5.41) is 10.1. The van der Waals surface area contributed by atoms with Crippen molar-refractivity contribution in [3.8, 4) is 0 Å². The van der Waals surface area contributed by atoms with Crippen LogP contribution in [0, 0.1) is 5.92 Å². The summed E-state index contributed by atoms with van der Waals surface area (Å²) in [5.41, 5.74) is 0.931. The highest BCUT2D eigenvalue weighted by Crippen LogP contribution is 2.23. The number of aromatic nitrogens is 1. The van der Waals surface area contributed by atoms with Crippen molar-refractivity contribution < 1.29 is 5.11 Å². The summed E-state index contributed by atoms with van der Waals surface area (Å²) in [7, 11) is 0. The van der Waals surface area contributed by atoms with E-state index in [-0.39, 0.29) is 6.61 Å². The third kappa shape index (κ3) is 3.31. The van der Waals surface area contributed by atoms with Crippen LogP contribution in [-0.4, -0.2) is 15.8 Å². The van der Waals surface area contributed by atoms with Crippen molar-refractivity contribution >= 4 is 11.8 Å². The van der Waals surface area contributed by atoms with Gasteiger partial charge in [-0.15, -0.1) is 11.8 Å². The molecule has 1 heterocycles. The van der Waals surface area contributed by atoms with E-state index in [0.29, 0.717) is 5.92 Å². The standard InChI is InChI=1S/C11H17NOS/c1-3-9(2)8-14-11-10(7-13)5-4-6-12-11/h4-6,9,13H,3,7-8H2,1-2H3. The topological polar surface area (TPSA) is 33.1 Å². The zero-order chi connectivity index (χ0) is 10.4. The molecule has 1 N–H and O–H groups in total. The first-order valence-corrected chi connectivity index (χ1v) is 5.94. The van der Waals surface area contributed by atoms with Crippen LogP contribution in [0.15, 0.2) is 23.4 Å². The Bertz CT molecular complexity index is 278. The molecule has 1 rings (SSSR count). The van der Waals surface area contributed by atoms with Gasteiger partial charge >= 0.3 is 0 Å². The van der Waals surface area contributed by atoms with E-state index in [4.69, 9.17) is 5.11 Å². The SMILES string of the molecule is CCC(C)CSc1ncccc1CO. The highest BCUT2D eigenvalue weighted by molar-refractivity contribution is 7.99. The molecule has 0 spiro atoms. The predicted octanol–water partition coefficient (Wildman–Crippen LogP) is 2.71. The summed E-state index contributed by atoms with van der Waals surface area (Å²) in [6.45, 7) is 4.50. The molecule has 1 atom stereocenters. The van der Waals surface area contributed by atoms with Crippen molar-refractivity contribution in [2.75, 3.05) is 5.75 Å². The normalized spacial score (nSPS) is 12.8. The van der Waals surface area contributed by atoms with Crippen LogP contribution in [-0.2, 0) is 6.61 Å². The van der Waals surface area contributed by atoms with E-state index in [1.54, 1.807) is 18.0 Å². The van der Waals surface area contributed by atoms with Crippen LogP contribution in [0.4, 0.5) is 0 Å². The first-order chi connectivity index (χ1) is 6.77. The highest BCUT2D eigenvalue weighted by Gasteiger charge is 2.05. The number of hydrogen-bond donors (Lipinski definition) is 1. The van der Waals surface area contributed by atoms with Gasteiger partial charge in [-0.25, -0.2) is 4.98 Å². The van der Waals surface area contributed by atoms with E-state index in [2.05, 4.69) is 18.8 Å². The lowest BCUT2D eigenvalue weighted by atomic mass is 10.2. The molecule has 0 bridgehead atoms. The minimum absolute atomic E-state index is 0.0800. The number of rotatable bonds is 5. The Hall–Kier alpha value is -0.540. The molecule has 0 aliphatic carbocycles. The number of aliphatic hydroxyl groups excluding tert-OH is 1. The lowest BCUT2D eigenvalue weighted by molar-refractivity contribution is 0.278. The van der Waals surface area contributed by atoms with Crippen LogP contribution in [0.25, 0.3) is 0 Å². The molecular formula is C11H17NOS. The van der Waals surface area contributed by atoms with Gasteiger partial charge in [0.1, 0.15) is 5.03 Å². The van der Waals surface area contributed by atoms with Gasteiger partial charge in [-0.05, 0) is 12.0 Å². The molecule has 1 aromatic heterocycles. The molecule has 2 nitrogen and oxygen atoms in total. The van der Waals surface area contributed by atoms with Gasteiger partial charge in [-0.2, -0.15) is 0 Å². The third-order valence-corrected chi connectivity index (χ3v) is 3.60. The van der Waals surface area contributed by atoms with E-state index >= 15 is 0 Å². The van der Waals surface area contributed by atoms with E-state index in [1.165, 1.54) is 6.42 Å². The lowest BCUT2D eigenvalue weighted by Gasteiger charge is -2.09. The molecule has 0 amide bonds. The second-order valence-corrected chi connectivity index (χ2v) is 4.46. The van der Waals surface area contributed by atoms with Crippen molar-refractivity contribution in [1.82, 2.24) is 4.98 Å². The van der Waals surface area contributed by atoms with Gasteiger partial charge in [-0.1, -0.05) is 26.3 Å². The maximum absolute atomic E-state index is 9.09. The van der Waals surface area contributed by atoms with Crippen molar-refractivity contribution in [3.63, 3.8) is 0 Å². The molecular weight excluding hydrogens is 194 g/mol. The van der Waals surface area contributed by atoms with E-state index < -0.39 is 0 Å². The summed E-state index contributed by atoms with van der Waals surface area (Å²) in [4.78, 5) is 4.26. The van der Waals surface area contributed by atoms with Gasteiger partial charge in [0.05, 0.1) is 6.61 Å². The summed E-state index contributed by atoms with van der Waals surface area (Å²) in [5.74, 6) is 1.77. The average molecular weight is 211 g/mol. The van der Waals surface area contributed by atoms with Gasteiger partial charge in [0.2, 0.25) is 0 Å². The van der Waals surface area contributed by atoms with E-state index in [9.17, 15) is 0 Å². The first kappa shape index (κ1) is 11.5. The first-order valence-electron chi connectivity index (χ1n) is 4.95. The van der Waals surface area contributed by atoms with Crippen LogP contribution in [0.1, 0.15) is 25.8 Å². The average Bonchev–Trinajstić information content (AvgIpc) is 2.26. The van der Waals surface area contributed by atoms with Crippen molar-refractivity contribution in [2.24, 2.45) is 5.92 Å². The molecule has 1 aromatic rings. The van der Waals surface area contributed by atoms with Crippen LogP contribution >= 0.6 is 11.8 Å². The fourth-order valence-electron chi connectivity index (χ4n) is 1.01. The quantitative estimate of drug-likeness (QED) is 0.760. The zero-order valence-corrected chi connectivity index (χ0v) is 9.55. The second kappa shape index (κ2) is 6.04. The molecule has 14 heavy (non-hydrogen) atoms. The molecule has 0 radical (unpaired) electrons. The van der Waals surface area contributed by atoms with E-state index in [0.717, 1.165) is 16.3 Å². The molecule has 0 aliphatic heterocycles. The largest absolute Gasteiger partial charge is 0.392 e. The summed E-state index contributed by atoms with van der Waals surface area (Å²) >= 11 is 1.73. The zero-order valence-electron chi connectivity index (χ0n) is 8.73. The third-order valence-electron chi connectivity index (χ3n) is 2.22. The molecule has 0 fully saturated rings. The molecule has 0 aromatic carbocycles. The lowest BCUT2D eigenvalue weighted by Crippen LogP contribution is -1.98. The van der Waals surface area contributed by atoms with Gasteiger partial charge in [0, 0.05) is 17.5 Å². The maximum Gasteiger partial charge on any atom is 0.101 e. The van der Waals surface area contributed by atoms with Crippen LogP contribution in [0.5, 0.6) is 0 Å². The van der Waals surface area contributed by atoms with Crippen LogP contribution in [0.2, 0.25) is 0 Å². The Kier molecular flexibility index (Phi) is 4.98. The van der Waals surface area contributed by atoms with Crippen molar-refractivity contribution in [1.29, 1.82) is 0 Å². The summed E-state index contributed by atoms with van der Waals surface area (Å²) in [6, 6.07) is 3.78. The number of nitrogens with zero attached hydrogens (tertiary/aromatic N) is 1. The van der Waals surface area contributed by atoms with Crippen LogP contribution < -0.4 is 0 Å². The molecule has 78 valence electrons. The Morgan fingerprint density at radius 1 is 1.57 bits per heavy atom. The summed E-state index contributed by atoms with van der Waals surface area (Å²) in [6.07, 6.45) is 2.96. The number of hydrogen-bond acceptors (Lipinski definition) is 3. The van der Waals surface area contributed by atoms with Gasteiger partial charge in [0.15, 0.2) is 0 Å². The summed E-state index contributed by atoms with van der Waals surface area (Å²) < 4.78 is 0. The van der Waals surface area contributed by atoms with Gasteiger partial charge < -0.3 is 5.11 Å². The predicted molar refractivity (Wildman–Crippen MR) is 60.3 cm³/mol. The molecule has 3 heteroatoms. The molecule has 0 aliphatic rings. The molecule has 0 saturated carbocycles. The Morgan fingerprint density at radius 3 is 3.00 bits per heavy atom. The van der Waals surface area contributed by atoms with Crippen LogP contribution in [0.3, 0.4) is 0 Å². The number of pyridine rings is 1. The Morgan fingerprint density at radius 2 is 2.36 bits per heavy atom. The molecule has 0 saturated heterocycles. The second-order valence-electron chi connectivity index (χ2n) is 3.45. The monoisotopic (exact) mass is 211 g/mol. The van der Waals surface area contributed by atoms with Gasteiger partial charge in [0.25, 0.3) is 0 Å². The number of thioether (sulfide) groups is 1. The fraction of sp³-hybridized carbons (Fsp3) is 0.545. The van der Waals surface area contributed by atoms with Crippen molar-refractivity contribution in [2.45, 2.75) is 31.9 Å². The number of aliphatic hydroxyl groups is 1. The minimum Gasteiger partial charge on any atom is -0.392 e. The van der Waals surface area contributed by atoms with Crippen molar-refractivity contribution in [3.05, 3.63) is 23.9 Å². The molecule has 1 unspecified atom stereocenters. The minimum atomic E-state index is 0.0800. The van der Waals surface area contributed by atoms with E-state index in [1.807, 2.05) is 12.1 Å². The van der Waals surface area contributed by atoms with Gasteiger partial charge in [-0.3, -0.25) is 0 Å². The smallest absolute Gasteiger partial charge is 0.101 e.